The van der Waals surface area contributed by atoms with E-state index in [2.05, 4.69) is 15.4 Å². The Bertz CT molecular complexity index is 820. The van der Waals surface area contributed by atoms with Crippen molar-refractivity contribution in [1.82, 2.24) is 20.0 Å². The molecule has 2 aromatic rings. The van der Waals surface area contributed by atoms with Crippen LogP contribution in [0.3, 0.4) is 0 Å². The number of nitrogens with zero attached hydrogens (tertiary/aromatic N) is 5. The number of nitrogens with one attached hydrogen (secondary N) is 1. The minimum absolute atomic E-state index is 0. The highest BCUT2D eigenvalue weighted by atomic mass is 127. The zero-order valence-electron chi connectivity index (χ0n) is 15.0. The molecule has 1 N–H and O–H groups in total. The molecular weight excluding hydrogens is 469 g/mol. The van der Waals surface area contributed by atoms with Crippen LogP contribution in [0.2, 0.25) is 0 Å². The fourth-order valence-corrected chi connectivity index (χ4v) is 2.90. The van der Waals surface area contributed by atoms with E-state index < -0.39 is 11.6 Å². The van der Waals surface area contributed by atoms with Gasteiger partial charge in [0.1, 0.15) is 18.2 Å². The normalized spacial score (nSPS) is 15.0. The number of hydrogen-bond acceptors (Lipinski definition) is 3. The summed E-state index contributed by atoms with van der Waals surface area (Å²) in [6.45, 7) is 1.45. The van der Waals surface area contributed by atoms with Gasteiger partial charge in [-0.2, -0.15) is 5.10 Å². The lowest BCUT2D eigenvalue weighted by Crippen LogP contribution is -2.55. The van der Waals surface area contributed by atoms with E-state index in [1.54, 1.807) is 36.1 Å². The van der Waals surface area contributed by atoms with Gasteiger partial charge in [0, 0.05) is 46.0 Å². The third kappa shape index (κ3) is 5.15. The Morgan fingerprint density at radius 1 is 1.26 bits per heavy atom. The number of benzene rings is 1. The van der Waals surface area contributed by atoms with Crippen LogP contribution in [0.25, 0.3) is 0 Å². The standard InChI is InChI=1S/C17H20F2N6O.HI/c1-20-17(21-8-12-5-13(18)7-14(19)6-12)24-3-4-25(16(26)11-24)15-9-22-23(2)10-15;/h5-7,9-10H,3-4,8,11H2,1-2H3,(H,20,21);1H. The van der Waals surface area contributed by atoms with Crippen molar-refractivity contribution in [2.24, 2.45) is 12.0 Å². The van der Waals surface area contributed by atoms with Crippen molar-refractivity contribution in [1.29, 1.82) is 0 Å². The van der Waals surface area contributed by atoms with Gasteiger partial charge in [0.05, 0.1) is 11.9 Å². The van der Waals surface area contributed by atoms with E-state index >= 15 is 0 Å². The molecule has 27 heavy (non-hydrogen) atoms. The van der Waals surface area contributed by atoms with Gasteiger partial charge in [-0.3, -0.25) is 14.5 Å². The fraction of sp³-hybridized carbons (Fsp3) is 0.353. The molecule has 2 heterocycles. The summed E-state index contributed by atoms with van der Waals surface area (Å²) in [6, 6.07) is 3.35. The van der Waals surface area contributed by atoms with E-state index in [9.17, 15) is 13.6 Å². The first kappa shape index (κ1) is 21.1. The average Bonchev–Trinajstić information content (AvgIpc) is 3.01. The number of amides is 1. The van der Waals surface area contributed by atoms with Crippen LogP contribution >= 0.6 is 24.0 Å². The molecule has 0 bridgehead atoms. The van der Waals surface area contributed by atoms with E-state index in [4.69, 9.17) is 0 Å². The molecule has 1 amide bonds. The Morgan fingerprint density at radius 3 is 2.52 bits per heavy atom. The van der Waals surface area contributed by atoms with Crippen molar-refractivity contribution < 1.29 is 13.6 Å². The molecule has 1 aliphatic rings. The zero-order valence-corrected chi connectivity index (χ0v) is 17.4. The van der Waals surface area contributed by atoms with Gasteiger partial charge in [0.25, 0.3) is 0 Å². The number of anilines is 1. The maximum atomic E-state index is 13.3. The zero-order chi connectivity index (χ0) is 18.7. The van der Waals surface area contributed by atoms with Gasteiger partial charge in [-0.15, -0.1) is 24.0 Å². The molecule has 0 spiro atoms. The number of rotatable bonds is 3. The Kier molecular flexibility index (Phi) is 7.11. The molecule has 1 saturated heterocycles. The van der Waals surface area contributed by atoms with Crippen LogP contribution in [0.4, 0.5) is 14.5 Å². The van der Waals surface area contributed by atoms with Gasteiger partial charge in [-0.25, -0.2) is 8.78 Å². The number of aromatic nitrogens is 2. The molecule has 1 aromatic heterocycles. The number of piperazine rings is 1. The topological polar surface area (TPSA) is 65.8 Å². The van der Waals surface area contributed by atoms with Crippen LogP contribution in [-0.2, 0) is 18.4 Å². The summed E-state index contributed by atoms with van der Waals surface area (Å²) in [4.78, 5) is 20.1. The first-order valence-electron chi connectivity index (χ1n) is 8.16. The maximum Gasteiger partial charge on any atom is 0.246 e. The van der Waals surface area contributed by atoms with E-state index in [-0.39, 0.29) is 43.0 Å². The smallest absolute Gasteiger partial charge is 0.246 e. The molecular formula is C17H21F2IN6O. The summed E-state index contributed by atoms with van der Waals surface area (Å²) < 4.78 is 28.2. The fourth-order valence-electron chi connectivity index (χ4n) is 2.90. The van der Waals surface area contributed by atoms with Gasteiger partial charge in [-0.1, -0.05) is 0 Å². The van der Waals surface area contributed by atoms with Crippen molar-refractivity contribution in [3.8, 4) is 0 Å². The summed E-state index contributed by atoms with van der Waals surface area (Å²) in [6.07, 6.45) is 3.44. The Morgan fingerprint density at radius 2 is 1.96 bits per heavy atom. The Labute approximate surface area is 173 Å². The van der Waals surface area contributed by atoms with E-state index in [0.717, 1.165) is 11.8 Å². The summed E-state index contributed by atoms with van der Waals surface area (Å²) >= 11 is 0. The van der Waals surface area contributed by atoms with Crippen molar-refractivity contribution in [2.75, 3.05) is 31.6 Å². The van der Waals surface area contributed by atoms with Crippen LogP contribution in [-0.4, -0.2) is 53.2 Å². The predicted molar refractivity (Wildman–Crippen MR) is 109 cm³/mol. The second kappa shape index (κ2) is 9.11. The molecule has 1 aliphatic heterocycles. The third-order valence-electron chi connectivity index (χ3n) is 4.11. The lowest BCUT2D eigenvalue weighted by atomic mass is 10.2. The lowest BCUT2D eigenvalue weighted by molar-refractivity contribution is -0.120. The second-order valence-corrected chi connectivity index (χ2v) is 6.02. The van der Waals surface area contributed by atoms with Crippen LogP contribution in [0, 0.1) is 11.6 Å². The molecule has 3 rings (SSSR count). The molecule has 0 aliphatic carbocycles. The largest absolute Gasteiger partial charge is 0.352 e. The van der Waals surface area contributed by atoms with Gasteiger partial charge in [0.2, 0.25) is 5.91 Å². The SMILES string of the molecule is CN=C(NCc1cc(F)cc(F)c1)N1CCN(c2cnn(C)c2)C(=O)C1.I. The van der Waals surface area contributed by atoms with E-state index in [0.29, 0.717) is 24.6 Å². The number of carbonyl (C=O) groups is 1. The molecule has 0 radical (unpaired) electrons. The van der Waals surface area contributed by atoms with E-state index in [1.165, 1.54) is 12.1 Å². The second-order valence-electron chi connectivity index (χ2n) is 6.02. The van der Waals surface area contributed by atoms with Crippen LogP contribution in [0.1, 0.15) is 5.56 Å². The van der Waals surface area contributed by atoms with Crippen LogP contribution in [0.15, 0.2) is 35.6 Å². The minimum Gasteiger partial charge on any atom is -0.352 e. The average molecular weight is 490 g/mol. The number of aryl methyl sites for hydroxylation is 1. The van der Waals surface area contributed by atoms with Gasteiger partial charge in [-0.05, 0) is 17.7 Å². The molecule has 146 valence electrons. The number of halogens is 3. The quantitative estimate of drug-likeness (QED) is 0.405. The van der Waals surface area contributed by atoms with Gasteiger partial charge in [0.15, 0.2) is 5.96 Å². The highest BCUT2D eigenvalue weighted by Gasteiger charge is 2.27. The van der Waals surface area contributed by atoms with Gasteiger partial charge < -0.3 is 15.1 Å². The van der Waals surface area contributed by atoms with E-state index in [1.807, 2.05) is 4.90 Å². The summed E-state index contributed by atoms with van der Waals surface area (Å²) in [5, 5.41) is 7.13. The maximum absolute atomic E-state index is 13.3. The van der Waals surface area contributed by atoms with Gasteiger partial charge >= 0.3 is 0 Å². The first-order valence-corrected chi connectivity index (χ1v) is 8.16. The molecule has 0 atom stereocenters. The third-order valence-corrected chi connectivity index (χ3v) is 4.11. The minimum atomic E-state index is -0.628. The number of aliphatic imine (C=N–C) groups is 1. The first-order chi connectivity index (χ1) is 12.5. The monoisotopic (exact) mass is 490 g/mol. The summed E-state index contributed by atoms with van der Waals surface area (Å²) in [5.41, 5.74) is 1.22. The molecule has 0 unspecified atom stereocenters. The molecule has 7 nitrogen and oxygen atoms in total. The highest BCUT2D eigenvalue weighted by molar-refractivity contribution is 14.0. The molecule has 1 aromatic carbocycles. The Hall–Kier alpha value is -2.24. The summed E-state index contributed by atoms with van der Waals surface area (Å²) in [7, 11) is 3.40. The highest BCUT2D eigenvalue weighted by Crippen LogP contribution is 2.16. The van der Waals surface area contributed by atoms with Crippen molar-refractivity contribution in [2.45, 2.75) is 6.54 Å². The Balaban J connectivity index is 0.00000261. The summed E-state index contributed by atoms with van der Waals surface area (Å²) in [5.74, 6) is -0.813. The van der Waals surface area contributed by atoms with Crippen molar-refractivity contribution in [3.05, 3.63) is 47.8 Å². The number of hydrogen-bond donors (Lipinski definition) is 1. The van der Waals surface area contributed by atoms with Crippen molar-refractivity contribution in [3.63, 3.8) is 0 Å². The van der Waals surface area contributed by atoms with Crippen LogP contribution < -0.4 is 10.2 Å². The predicted octanol–water partition coefficient (Wildman–Crippen LogP) is 1.74. The number of guanidine groups is 1. The molecule has 10 heteroatoms. The van der Waals surface area contributed by atoms with Crippen LogP contribution in [0.5, 0.6) is 0 Å². The molecule has 0 saturated carbocycles. The molecule has 1 fully saturated rings. The lowest BCUT2D eigenvalue weighted by Gasteiger charge is -2.35. The van der Waals surface area contributed by atoms with Crippen molar-refractivity contribution >= 4 is 41.5 Å². The number of carbonyl (C=O) groups excluding carboxylic acids is 1.